The van der Waals surface area contributed by atoms with Gasteiger partial charge in [-0.3, -0.25) is 0 Å². The molecule has 0 radical (unpaired) electrons. The molecule has 0 fully saturated rings. The molecule has 0 aliphatic rings. The predicted molar refractivity (Wildman–Crippen MR) is 103 cm³/mol. The lowest BCUT2D eigenvalue weighted by Crippen LogP contribution is -2.05. The number of anilines is 3. The largest absolute Gasteiger partial charge is 0.365 e. The maximum atomic E-state index is 13.1. The summed E-state index contributed by atoms with van der Waals surface area (Å²) in [6.45, 7) is 0.497. The molecule has 27 heavy (non-hydrogen) atoms. The normalized spacial score (nSPS) is 10.7. The van der Waals surface area contributed by atoms with Crippen LogP contribution in [0.15, 0.2) is 72.8 Å². The Balaban J connectivity index is 1.63. The molecule has 1 heterocycles. The topological polar surface area (TPSA) is 49.8 Å². The van der Waals surface area contributed by atoms with Gasteiger partial charge in [0.2, 0.25) is 5.95 Å². The molecule has 0 bridgehead atoms. The zero-order valence-corrected chi connectivity index (χ0v) is 14.3. The first-order chi connectivity index (χ1) is 13.2. The Labute approximate surface area is 154 Å². The molecule has 1 aromatic heterocycles. The fraction of sp³-hybridized carbons (Fsp3) is 0.0476. The molecule has 134 valence electrons. The molecule has 0 saturated carbocycles. The van der Waals surface area contributed by atoms with Gasteiger partial charge in [0.05, 0.1) is 5.52 Å². The van der Waals surface area contributed by atoms with Crippen LogP contribution in [0.5, 0.6) is 0 Å². The number of hydrogen-bond acceptors (Lipinski definition) is 4. The summed E-state index contributed by atoms with van der Waals surface area (Å²) in [7, 11) is 0. The van der Waals surface area contributed by atoms with Crippen LogP contribution < -0.4 is 10.6 Å². The average Bonchev–Trinajstić information content (AvgIpc) is 2.69. The molecule has 6 heteroatoms. The van der Waals surface area contributed by atoms with Crippen molar-refractivity contribution in [2.45, 2.75) is 6.54 Å². The SMILES string of the molecule is Fc1ccc(CNc2nc(Nc3ccc(F)cc3)nc3ccccc23)cc1. The fourth-order valence-electron chi connectivity index (χ4n) is 2.72. The van der Waals surface area contributed by atoms with Crippen molar-refractivity contribution in [3.8, 4) is 0 Å². The smallest absolute Gasteiger partial charge is 0.229 e. The fourth-order valence-corrected chi connectivity index (χ4v) is 2.72. The second kappa shape index (κ2) is 7.37. The van der Waals surface area contributed by atoms with Gasteiger partial charge in [0.15, 0.2) is 0 Å². The average molecular weight is 362 g/mol. The second-order valence-electron chi connectivity index (χ2n) is 6.02. The highest BCUT2D eigenvalue weighted by atomic mass is 19.1. The standard InChI is InChI=1S/C21H16F2N4/c22-15-7-5-14(6-8-15)13-24-20-18-3-1-2-4-19(18)26-21(27-20)25-17-11-9-16(23)10-12-17/h1-12H,13H2,(H2,24,25,26,27). The Bertz CT molecular complexity index is 1060. The van der Waals surface area contributed by atoms with Crippen LogP contribution in [-0.4, -0.2) is 9.97 Å². The van der Waals surface area contributed by atoms with Gasteiger partial charge < -0.3 is 10.6 Å². The lowest BCUT2D eigenvalue weighted by atomic mass is 10.2. The van der Waals surface area contributed by atoms with Gasteiger partial charge in [-0.25, -0.2) is 13.8 Å². The zero-order chi connectivity index (χ0) is 18.6. The van der Waals surface area contributed by atoms with Crippen LogP contribution in [0, 0.1) is 11.6 Å². The van der Waals surface area contributed by atoms with Gasteiger partial charge in [-0.15, -0.1) is 0 Å². The van der Waals surface area contributed by atoms with Crippen LogP contribution >= 0.6 is 0 Å². The maximum absolute atomic E-state index is 13.1. The van der Waals surface area contributed by atoms with Crippen molar-refractivity contribution in [1.82, 2.24) is 9.97 Å². The summed E-state index contributed by atoms with van der Waals surface area (Å²) in [5.74, 6) is 0.495. The zero-order valence-electron chi connectivity index (χ0n) is 14.3. The van der Waals surface area contributed by atoms with Crippen molar-refractivity contribution < 1.29 is 8.78 Å². The number of hydrogen-bond donors (Lipinski definition) is 2. The highest BCUT2D eigenvalue weighted by molar-refractivity contribution is 5.90. The summed E-state index contributed by atoms with van der Waals surface area (Å²) in [5.41, 5.74) is 2.40. The molecule has 4 rings (SSSR count). The minimum Gasteiger partial charge on any atom is -0.365 e. The van der Waals surface area contributed by atoms with Crippen molar-refractivity contribution in [3.05, 3.63) is 90.0 Å². The molecule has 4 nitrogen and oxygen atoms in total. The number of aromatic nitrogens is 2. The minimum atomic E-state index is -0.304. The third-order valence-corrected chi connectivity index (χ3v) is 4.08. The van der Waals surface area contributed by atoms with Crippen molar-refractivity contribution in [3.63, 3.8) is 0 Å². The Morgan fingerprint density at radius 3 is 2.15 bits per heavy atom. The number of nitrogens with one attached hydrogen (secondary N) is 2. The number of rotatable bonds is 5. The Kier molecular flexibility index (Phi) is 4.61. The van der Waals surface area contributed by atoms with E-state index in [0.29, 0.717) is 24.0 Å². The first kappa shape index (κ1) is 16.9. The van der Waals surface area contributed by atoms with Crippen molar-refractivity contribution >= 4 is 28.4 Å². The lowest BCUT2D eigenvalue weighted by Gasteiger charge is -2.12. The molecule has 3 aromatic carbocycles. The van der Waals surface area contributed by atoms with E-state index >= 15 is 0 Å². The number of para-hydroxylation sites is 1. The third kappa shape index (κ3) is 4.00. The molecule has 0 amide bonds. The Hall–Kier alpha value is -3.54. The summed E-state index contributed by atoms with van der Waals surface area (Å²) < 4.78 is 26.2. The van der Waals surface area contributed by atoms with Gasteiger partial charge >= 0.3 is 0 Å². The summed E-state index contributed by atoms with van der Waals surface area (Å²) in [5, 5.41) is 7.25. The molecular weight excluding hydrogens is 346 g/mol. The molecule has 0 spiro atoms. The maximum Gasteiger partial charge on any atom is 0.229 e. The highest BCUT2D eigenvalue weighted by Crippen LogP contribution is 2.24. The first-order valence-electron chi connectivity index (χ1n) is 8.45. The predicted octanol–water partition coefficient (Wildman–Crippen LogP) is 5.26. The quantitative estimate of drug-likeness (QED) is 0.508. The molecule has 0 saturated heterocycles. The lowest BCUT2D eigenvalue weighted by molar-refractivity contribution is 0.627. The van der Waals surface area contributed by atoms with Gasteiger partial charge in [0.1, 0.15) is 17.5 Å². The molecule has 0 atom stereocenters. The number of fused-ring (bicyclic) bond motifs is 1. The Morgan fingerprint density at radius 1 is 0.741 bits per heavy atom. The summed E-state index contributed by atoms with van der Waals surface area (Å²) in [6, 6.07) is 20.0. The van der Waals surface area contributed by atoms with Gasteiger partial charge in [0, 0.05) is 17.6 Å². The third-order valence-electron chi connectivity index (χ3n) is 4.08. The van der Waals surface area contributed by atoms with E-state index < -0.39 is 0 Å². The summed E-state index contributed by atoms with van der Waals surface area (Å²) in [4.78, 5) is 9.06. The van der Waals surface area contributed by atoms with Crippen LogP contribution in [0.1, 0.15) is 5.56 Å². The van der Waals surface area contributed by atoms with Crippen molar-refractivity contribution in [2.24, 2.45) is 0 Å². The number of halogens is 2. The van der Waals surface area contributed by atoms with Crippen LogP contribution in [0.2, 0.25) is 0 Å². The van der Waals surface area contributed by atoms with Gasteiger partial charge in [-0.05, 0) is 54.1 Å². The minimum absolute atomic E-state index is 0.267. The van der Waals surface area contributed by atoms with Crippen molar-refractivity contribution in [1.29, 1.82) is 0 Å². The van der Waals surface area contributed by atoms with Crippen LogP contribution in [0.3, 0.4) is 0 Å². The Morgan fingerprint density at radius 2 is 1.41 bits per heavy atom. The number of benzene rings is 3. The molecule has 0 aliphatic carbocycles. The summed E-state index contributed by atoms with van der Waals surface area (Å²) >= 11 is 0. The van der Waals surface area contributed by atoms with Gasteiger partial charge in [0.25, 0.3) is 0 Å². The molecule has 0 unspecified atom stereocenters. The van der Waals surface area contributed by atoms with E-state index in [-0.39, 0.29) is 11.6 Å². The second-order valence-corrected chi connectivity index (χ2v) is 6.02. The monoisotopic (exact) mass is 362 g/mol. The van der Waals surface area contributed by atoms with E-state index in [2.05, 4.69) is 20.6 Å². The van der Waals surface area contributed by atoms with Crippen LogP contribution in [0.25, 0.3) is 10.9 Å². The van der Waals surface area contributed by atoms with E-state index in [9.17, 15) is 8.78 Å². The van der Waals surface area contributed by atoms with Gasteiger partial charge in [-0.2, -0.15) is 4.98 Å². The summed E-state index contributed by atoms with van der Waals surface area (Å²) in [6.07, 6.45) is 0. The van der Waals surface area contributed by atoms with E-state index in [1.165, 1.54) is 24.3 Å². The number of nitrogens with zero attached hydrogens (tertiary/aromatic N) is 2. The van der Waals surface area contributed by atoms with Crippen LogP contribution in [-0.2, 0) is 6.54 Å². The van der Waals surface area contributed by atoms with Crippen LogP contribution in [0.4, 0.5) is 26.2 Å². The molecule has 0 aliphatic heterocycles. The first-order valence-corrected chi connectivity index (χ1v) is 8.45. The van der Waals surface area contributed by atoms with E-state index in [0.717, 1.165) is 16.5 Å². The van der Waals surface area contributed by atoms with E-state index in [1.807, 2.05) is 24.3 Å². The van der Waals surface area contributed by atoms with Crippen molar-refractivity contribution in [2.75, 3.05) is 10.6 Å². The molecule has 2 N–H and O–H groups in total. The van der Waals surface area contributed by atoms with E-state index in [1.54, 1.807) is 24.3 Å². The van der Waals surface area contributed by atoms with Gasteiger partial charge in [-0.1, -0.05) is 24.3 Å². The molecule has 4 aromatic rings. The van der Waals surface area contributed by atoms with E-state index in [4.69, 9.17) is 0 Å². The highest BCUT2D eigenvalue weighted by Gasteiger charge is 2.08. The molecular formula is C21H16F2N4.